The number of carbonyl (C=O) groups is 3. The maximum Gasteiger partial charge on any atom is 0.372 e. The van der Waals surface area contributed by atoms with Gasteiger partial charge in [0.1, 0.15) is 11.4 Å². The molecule has 0 saturated carbocycles. The van der Waals surface area contributed by atoms with Gasteiger partial charge < -0.3 is 9.84 Å². The molecule has 0 spiro atoms. The average molecular weight is 302 g/mol. The van der Waals surface area contributed by atoms with Crippen LogP contribution in [0.25, 0.3) is 0 Å². The molecule has 22 heavy (non-hydrogen) atoms. The molecule has 0 saturated heterocycles. The zero-order chi connectivity index (χ0) is 16.1. The Morgan fingerprint density at radius 2 is 1.86 bits per heavy atom. The molecule has 0 radical (unpaired) electrons. The van der Waals surface area contributed by atoms with Crippen molar-refractivity contribution in [2.75, 3.05) is 7.11 Å². The first kappa shape index (κ1) is 15.4. The van der Waals surface area contributed by atoms with E-state index in [-0.39, 0.29) is 5.69 Å². The van der Waals surface area contributed by atoms with Gasteiger partial charge in [-0.1, -0.05) is 12.1 Å². The van der Waals surface area contributed by atoms with Gasteiger partial charge in [-0.15, -0.1) is 0 Å². The number of carbonyl (C=O) groups excluding carboxylic acids is 2. The normalized spacial score (nSPS) is 10.2. The lowest BCUT2D eigenvalue weighted by Gasteiger charge is -2.03. The number of hydrogen-bond acceptors (Lipinski definition) is 5. The van der Waals surface area contributed by atoms with Crippen LogP contribution in [0.2, 0.25) is 0 Å². The highest BCUT2D eigenvalue weighted by Crippen LogP contribution is 2.12. The molecule has 0 aliphatic carbocycles. The Balaban J connectivity index is 2.02. The van der Waals surface area contributed by atoms with E-state index in [2.05, 4.69) is 5.10 Å². The van der Waals surface area contributed by atoms with E-state index in [1.807, 2.05) is 24.3 Å². The van der Waals surface area contributed by atoms with Crippen LogP contribution >= 0.6 is 0 Å². The van der Waals surface area contributed by atoms with Crippen LogP contribution in [0, 0.1) is 0 Å². The monoisotopic (exact) mass is 302 g/mol. The van der Waals surface area contributed by atoms with Crippen molar-refractivity contribution in [2.45, 2.75) is 13.0 Å². The zero-order valence-corrected chi connectivity index (χ0v) is 11.9. The predicted octanol–water partition coefficient (Wildman–Crippen LogP) is 1.17. The lowest BCUT2D eigenvalue weighted by molar-refractivity contribution is -0.148. The smallest absolute Gasteiger partial charge is 0.372 e. The van der Waals surface area contributed by atoms with Crippen molar-refractivity contribution in [1.82, 2.24) is 9.78 Å². The molecule has 2 aromatic rings. The fraction of sp³-hybridized carbons (Fsp3) is 0.200. The molecule has 1 N–H and O–H groups in total. The van der Waals surface area contributed by atoms with Crippen LogP contribution < -0.4 is 4.74 Å². The molecule has 0 unspecified atom stereocenters. The molecule has 0 bridgehead atoms. The van der Waals surface area contributed by atoms with Crippen molar-refractivity contribution >= 4 is 17.5 Å². The van der Waals surface area contributed by atoms with Crippen LogP contribution in [0.1, 0.15) is 22.5 Å². The highest BCUT2D eigenvalue weighted by Gasteiger charge is 2.19. The molecule has 7 nitrogen and oxygen atoms in total. The van der Waals surface area contributed by atoms with Crippen molar-refractivity contribution in [2.24, 2.45) is 0 Å². The van der Waals surface area contributed by atoms with E-state index >= 15 is 0 Å². The molecule has 1 heterocycles. The van der Waals surface area contributed by atoms with Gasteiger partial charge in [-0.3, -0.25) is 14.3 Å². The van der Waals surface area contributed by atoms with Gasteiger partial charge in [0.05, 0.1) is 20.1 Å². The average Bonchev–Trinajstić information content (AvgIpc) is 2.96. The minimum atomic E-state index is -1.62. The Morgan fingerprint density at radius 1 is 1.18 bits per heavy atom. The van der Waals surface area contributed by atoms with Crippen molar-refractivity contribution in [3.8, 4) is 5.75 Å². The lowest BCUT2D eigenvalue weighted by atomic mass is 10.1. The van der Waals surface area contributed by atoms with Crippen LogP contribution in [0.5, 0.6) is 5.75 Å². The van der Waals surface area contributed by atoms with E-state index in [9.17, 15) is 14.4 Å². The van der Waals surface area contributed by atoms with Crippen LogP contribution in [0.3, 0.4) is 0 Å². The number of aliphatic carboxylic acids is 1. The number of carboxylic acid groups (broad SMARTS) is 1. The Hall–Kier alpha value is -2.96. The highest BCUT2D eigenvalue weighted by molar-refractivity contribution is 6.37. The molecule has 1 aromatic heterocycles. The number of ether oxygens (including phenoxy) is 1. The second-order valence-electron chi connectivity index (χ2n) is 4.57. The number of benzene rings is 1. The molecule has 0 aliphatic rings. The van der Waals surface area contributed by atoms with Gasteiger partial charge in [-0.25, -0.2) is 4.79 Å². The number of aromatic nitrogens is 2. The second-order valence-corrected chi connectivity index (χ2v) is 4.57. The van der Waals surface area contributed by atoms with Crippen LogP contribution in [0.4, 0.5) is 0 Å². The number of nitrogens with zero attached hydrogens (tertiary/aromatic N) is 2. The molecule has 114 valence electrons. The van der Waals surface area contributed by atoms with Gasteiger partial charge in [0.2, 0.25) is 5.78 Å². The lowest BCUT2D eigenvalue weighted by Crippen LogP contribution is -2.17. The van der Waals surface area contributed by atoms with E-state index in [1.165, 1.54) is 6.07 Å². The van der Waals surface area contributed by atoms with Gasteiger partial charge in [0.25, 0.3) is 0 Å². The maximum absolute atomic E-state index is 11.7. The SMILES string of the molecule is COc1ccc(Cn2ccc(C(=O)CC(=O)C(=O)O)n2)cc1. The third-order valence-corrected chi connectivity index (χ3v) is 2.99. The summed E-state index contributed by atoms with van der Waals surface area (Å²) in [4.78, 5) is 33.2. The molecular weight excluding hydrogens is 288 g/mol. The van der Waals surface area contributed by atoms with E-state index in [1.54, 1.807) is 18.0 Å². The molecule has 0 atom stereocenters. The second kappa shape index (κ2) is 6.66. The van der Waals surface area contributed by atoms with E-state index < -0.39 is 24.0 Å². The predicted molar refractivity (Wildman–Crippen MR) is 75.9 cm³/mol. The topological polar surface area (TPSA) is 98.5 Å². The number of hydrogen-bond donors (Lipinski definition) is 1. The summed E-state index contributed by atoms with van der Waals surface area (Å²) < 4.78 is 6.61. The Kier molecular flexibility index (Phi) is 4.67. The first-order chi connectivity index (χ1) is 10.5. The Bertz CT molecular complexity index is 703. The summed E-state index contributed by atoms with van der Waals surface area (Å²) in [6.07, 6.45) is 0.914. The van der Waals surface area contributed by atoms with Crippen molar-refractivity contribution in [1.29, 1.82) is 0 Å². The number of ketones is 2. The van der Waals surface area contributed by atoms with Crippen molar-refractivity contribution < 1.29 is 24.2 Å². The van der Waals surface area contributed by atoms with Crippen LogP contribution in [-0.4, -0.2) is 39.5 Å². The third-order valence-electron chi connectivity index (χ3n) is 2.99. The summed E-state index contributed by atoms with van der Waals surface area (Å²) in [6, 6.07) is 8.83. The number of carboxylic acids is 1. The molecule has 0 fully saturated rings. The highest BCUT2D eigenvalue weighted by atomic mass is 16.5. The molecule has 0 amide bonds. The summed E-state index contributed by atoms with van der Waals surface area (Å²) >= 11 is 0. The molecular formula is C15H14N2O5. The van der Waals surface area contributed by atoms with Gasteiger partial charge in [-0.05, 0) is 23.8 Å². The minimum Gasteiger partial charge on any atom is -0.497 e. The third kappa shape index (κ3) is 3.78. The van der Waals surface area contributed by atoms with E-state index in [0.717, 1.165) is 11.3 Å². The molecule has 0 aliphatic heterocycles. The van der Waals surface area contributed by atoms with Crippen LogP contribution in [-0.2, 0) is 16.1 Å². The fourth-order valence-corrected chi connectivity index (χ4v) is 1.83. The van der Waals surface area contributed by atoms with Crippen molar-refractivity contribution in [3.05, 3.63) is 47.8 Å². The standard InChI is InChI=1S/C15H14N2O5/c1-22-11-4-2-10(3-5-11)9-17-7-6-12(16-17)13(18)8-14(19)15(20)21/h2-7H,8-9H2,1H3,(H,20,21). The summed E-state index contributed by atoms with van der Waals surface area (Å²) in [5, 5.41) is 12.5. The summed E-state index contributed by atoms with van der Waals surface area (Å²) in [6.45, 7) is 0.449. The van der Waals surface area contributed by atoms with E-state index in [4.69, 9.17) is 9.84 Å². The Labute approximate surface area is 126 Å². The number of Topliss-reactive ketones (excluding diaryl/α,β-unsaturated/α-hetero) is 2. The molecule has 7 heteroatoms. The van der Waals surface area contributed by atoms with Gasteiger partial charge >= 0.3 is 5.97 Å². The maximum atomic E-state index is 11.7. The fourth-order valence-electron chi connectivity index (χ4n) is 1.83. The first-order valence-corrected chi connectivity index (χ1v) is 6.45. The summed E-state index contributed by atoms with van der Waals surface area (Å²) in [7, 11) is 1.58. The quantitative estimate of drug-likeness (QED) is 0.468. The van der Waals surface area contributed by atoms with Crippen molar-refractivity contribution in [3.63, 3.8) is 0 Å². The minimum absolute atomic E-state index is 0.0723. The van der Waals surface area contributed by atoms with Crippen LogP contribution in [0.15, 0.2) is 36.5 Å². The summed E-state index contributed by atoms with van der Waals surface area (Å²) in [5.41, 5.74) is 1.03. The first-order valence-electron chi connectivity index (χ1n) is 6.45. The van der Waals surface area contributed by atoms with Gasteiger partial charge in [0.15, 0.2) is 5.78 Å². The zero-order valence-electron chi connectivity index (χ0n) is 11.9. The number of methoxy groups -OCH3 is 1. The number of rotatable bonds is 7. The summed E-state index contributed by atoms with van der Waals surface area (Å²) in [5.74, 6) is -2.63. The largest absolute Gasteiger partial charge is 0.497 e. The molecule has 2 rings (SSSR count). The molecule has 1 aromatic carbocycles. The van der Waals surface area contributed by atoms with Gasteiger partial charge in [-0.2, -0.15) is 5.10 Å². The van der Waals surface area contributed by atoms with Gasteiger partial charge in [0, 0.05) is 6.20 Å². The Morgan fingerprint density at radius 3 is 2.45 bits per heavy atom. The van der Waals surface area contributed by atoms with E-state index in [0.29, 0.717) is 6.54 Å².